The molecule has 1 aromatic heterocycles. The number of hydrogen-bond acceptors (Lipinski definition) is 4. The molecule has 3 rings (SSSR count). The van der Waals surface area contributed by atoms with E-state index in [1.807, 2.05) is 42.5 Å². The molecule has 112 valence electrons. The van der Waals surface area contributed by atoms with Crippen LogP contribution in [0.15, 0.2) is 54.6 Å². The van der Waals surface area contributed by atoms with Gasteiger partial charge in [0.2, 0.25) is 0 Å². The van der Waals surface area contributed by atoms with Crippen LogP contribution in [-0.2, 0) is 6.42 Å². The van der Waals surface area contributed by atoms with Crippen LogP contribution in [-0.4, -0.2) is 11.6 Å². The number of aromatic nitrogens is 1. The minimum Gasteiger partial charge on any atom is -0.491 e. The Morgan fingerprint density at radius 2 is 1.77 bits per heavy atom. The Morgan fingerprint density at radius 3 is 2.55 bits per heavy atom. The van der Waals surface area contributed by atoms with E-state index in [-0.39, 0.29) is 0 Å². The molecule has 2 aromatic carbocycles. The maximum atomic E-state index is 5.87. The highest BCUT2D eigenvalue weighted by molar-refractivity contribution is 7.12. The molecule has 0 radical (unpaired) electrons. The largest absolute Gasteiger partial charge is 0.491 e. The van der Waals surface area contributed by atoms with Gasteiger partial charge in [-0.1, -0.05) is 42.5 Å². The second-order valence-electron chi connectivity index (χ2n) is 5.01. The second-order valence-corrected chi connectivity index (χ2v) is 6.30. The van der Waals surface area contributed by atoms with Gasteiger partial charge in [-0.15, -0.1) is 11.3 Å². The van der Waals surface area contributed by atoms with Crippen LogP contribution >= 0.6 is 11.3 Å². The number of nitrogens with zero attached hydrogens (tertiary/aromatic N) is 1. The average molecular weight is 310 g/mol. The molecule has 0 aliphatic rings. The summed E-state index contributed by atoms with van der Waals surface area (Å²) in [6.45, 7) is 2.69. The van der Waals surface area contributed by atoms with E-state index in [9.17, 15) is 0 Å². The molecular formula is C18H18N2OS. The van der Waals surface area contributed by atoms with E-state index in [1.54, 1.807) is 11.3 Å². The lowest BCUT2D eigenvalue weighted by Gasteiger charge is -2.07. The summed E-state index contributed by atoms with van der Waals surface area (Å²) in [5.41, 5.74) is 8.77. The van der Waals surface area contributed by atoms with Crippen LogP contribution in [0, 0.1) is 6.92 Å². The van der Waals surface area contributed by atoms with Crippen LogP contribution in [0.3, 0.4) is 0 Å². The van der Waals surface area contributed by atoms with Crippen molar-refractivity contribution < 1.29 is 4.74 Å². The van der Waals surface area contributed by atoms with Crippen molar-refractivity contribution >= 4 is 17.0 Å². The van der Waals surface area contributed by atoms with Gasteiger partial charge in [0.25, 0.3) is 0 Å². The molecule has 0 amide bonds. The Kier molecular flexibility index (Phi) is 4.39. The standard InChI is InChI=1S/C18H18N2OS/c1-13-18(14-7-3-2-4-8-14)20-17(22-13)11-12-21-16-10-6-5-9-15(16)19/h2-10H,11-12,19H2,1H3. The van der Waals surface area contributed by atoms with E-state index in [2.05, 4.69) is 19.1 Å². The molecule has 1 heterocycles. The quantitative estimate of drug-likeness (QED) is 0.714. The fraction of sp³-hybridized carbons (Fsp3) is 0.167. The van der Waals surface area contributed by atoms with E-state index in [0.29, 0.717) is 12.3 Å². The Hall–Kier alpha value is -2.33. The van der Waals surface area contributed by atoms with Crippen molar-refractivity contribution in [2.75, 3.05) is 12.3 Å². The molecular weight excluding hydrogens is 292 g/mol. The lowest BCUT2D eigenvalue weighted by Crippen LogP contribution is -2.03. The number of nitrogens with two attached hydrogens (primary N) is 1. The lowest BCUT2D eigenvalue weighted by atomic mass is 10.1. The summed E-state index contributed by atoms with van der Waals surface area (Å²) >= 11 is 1.73. The first kappa shape index (κ1) is 14.6. The third kappa shape index (κ3) is 3.28. The van der Waals surface area contributed by atoms with Crippen LogP contribution in [0.4, 0.5) is 5.69 Å². The number of thiazole rings is 1. The third-order valence-electron chi connectivity index (χ3n) is 3.38. The van der Waals surface area contributed by atoms with Crippen LogP contribution < -0.4 is 10.5 Å². The first-order valence-corrected chi connectivity index (χ1v) is 8.05. The monoisotopic (exact) mass is 310 g/mol. The molecule has 0 aliphatic heterocycles. The zero-order valence-electron chi connectivity index (χ0n) is 12.5. The van der Waals surface area contributed by atoms with Gasteiger partial charge in [-0.3, -0.25) is 0 Å². The zero-order chi connectivity index (χ0) is 15.4. The normalized spacial score (nSPS) is 10.6. The van der Waals surface area contributed by atoms with Gasteiger partial charge in [0, 0.05) is 16.9 Å². The van der Waals surface area contributed by atoms with Gasteiger partial charge in [0.15, 0.2) is 0 Å². The van der Waals surface area contributed by atoms with Crippen molar-refractivity contribution in [1.82, 2.24) is 4.98 Å². The minimum atomic E-state index is 0.579. The molecule has 0 unspecified atom stereocenters. The van der Waals surface area contributed by atoms with Gasteiger partial charge in [0.05, 0.1) is 23.0 Å². The molecule has 2 N–H and O–H groups in total. The Bertz CT molecular complexity index is 753. The third-order valence-corrected chi connectivity index (χ3v) is 4.41. The van der Waals surface area contributed by atoms with Gasteiger partial charge in [-0.2, -0.15) is 0 Å². The second kappa shape index (κ2) is 6.62. The number of aryl methyl sites for hydroxylation is 1. The number of hydrogen-bond donors (Lipinski definition) is 1. The maximum Gasteiger partial charge on any atom is 0.142 e. The lowest BCUT2D eigenvalue weighted by molar-refractivity contribution is 0.323. The Labute approximate surface area is 134 Å². The molecule has 0 saturated carbocycles. The summed E-state index contributed by atoms with van der Waals surface area (Å²) in [5.74, 6) is 0.735. The van der Waals surface area contributed by atoms with Gasteiger partial charge < -0.3 is 10.5 Å². The molecule has 0 atom stereocenters. The van der Waals surface area contributed by atoms with Crippen molar-refractivity contribution in [3.05, 3.63) is 64.5 Å². The number of benzene rings is 2. The molecule has 0 fully saturated rings. The highest BCUT2D eigenvalue weighted by atomic mass is 32.1. The number of rotatable bonds is 5. The van der Waals surface area contributed by atoms with Gasteiger partial charge >= 0.3 is 0 Å². The predicted octanol–water partition coefficient (Wildman–Crippen LogP) is 4.32. The van der Waals surface area contributed by atoms with Gasteiger partial charge in [0.1, 0.15) is 5.75 Å². The number of anilines is 1. The van der Waals surface area contributed by atoms with E-state index in [4.69, 9.17) is 15.5 Å². The first-order chi connectivity index (χ1) is 10.7. The topological polar surface area (TPSA) is 48.1 Å². The molecule has 4 heteroatoms. The highest BCUT2D eigenvalue weighted by Gasteiger charge is 2.09. The van der Waals surface area contributed by atoms with Crippen molar-refractivity contribution in [3.8, 4) is 17.0 Å². The van der Waals surface area contributed by atoms with Crippen LogP contribution in [0.1, 0.15) is 9.88 Å². The molecule has 3 aromatic rings. The summed E-state index contributed by atoms with van der Waals surface area (Å²) in [4.78, 5) is 5.98. The molecule has 0 aliphatic carbocycles. The van der Waals surface area contributed by atoms with E-state index in [0.717, 1.165) is 28.4 Å². The number of ether oxygens (including phenoxy) is 1. The fourth-order valence-electron chi connectivity index (χ4n) is 2.28. The van der Waals surface area contributed by atoms with E-state index in [1.165, 1.54) is 4.88 Å². The Morgan fingerprint density at radius 1 is 1.05 bits per heavy atom. The molecule has 22 heavy (non-hydrogen) atoms. The minimum absolute atomic E-state index is 0.579. The van der Waals surface area contributed by atoms with Crippen molar-refractivity contribution in [1.29, 1.82) is 0 Å². The summed E-state index contributed by atoms with van der Waals surface area (Å²) in [6.07, 6.45) is 0.784. The molecule has 3 nitrogen and oxygen atoms in total. The summed E-state index contributed by atoms with van der Waals surface area (Å²) in [6, 6.07) is 17.8. The highest BCUT2D eigenvalue weighted by Crippen LogP contribution is 2.28. The van der Waals surface area contributed by atoms with Gasteiger partial charge in [-0.25, -0.2) is 4.98 Å². The van der Waals surface area contributed by atoms with Crippen molar-refractivity contribution in [2.45, 2.75) is 13.3 Å². The summed E-state index contributed by atoms with van der Waals surface area (Å²) in [7, 11) is 0. The Balaban J connectivity index is 1.66. The maximum absolute atomic E-state index is 5.87. The molecule has 0 saturated heterocycles. The predicted molar refractivity (Wildman–Crippen MR) is 92.3 cm³/mol. The van der Waals surface area contributed by atoms with E-state index < -0.39 is 0 Å². The molecule has 0 bridgehead atoms. The van der Waals surface area contributed by atoms with Crippen molar-refractivity contribution in [3.63, 3.8) is 0 Å². The summed E-state index contributed by atoms with van der Waals surface area (Å²) in [5, 5.41) is 1.09. The van der Waals surface area contributed by atoms with E-state index >= 15 is 0 Å². The molecule has 0 spiro atoms. The van der Waals surface area contributed by atoms with Gasteiger partial charge in [-0.05, 0) is 19.1 Å². The summed E-state index contributed by atoms with van der Waals surface area (Å²) < 4.78 is 5.74. The first-order valence-electron chi connectivity index (χ1n) is 7.23. The van der Waals surface area contributed by atoms with Crippen molar-refractivity contribution in [2.24, 2.45) is 0 Å². The SMILES string of the molecule is Cc1sc(CCOc2ccccc2N)nc1-c1ccccc1. The smallest absolute Gasteiger partial charge is 0.142 e. The van der Waals surface area contributed by atoms with Crippen LogP contribution in [0.25, 0.3) is 11.3 Å². The average Bonchev–Trinajstić information content (AvgIpc) is 2.91. The number of nitrogen functional groups attached to an aromatic ring is 1. The van der Waals surface area contributed by atoms with Crippen LogP contribution in [0.5, 0.6) is 5.75 Å². The zero-order valence-corrected chi connectivity index (χ0v) is 13.3. The number of para-hydroxylation sites is 2. The van der Waals surface area contributed by atoms with Crippen LogP contribution in [0.2, 0.25) is 0 Å². The fourth-order valence-corrected chi connectivity index (χ4v) is 3.22.